The number of halogens is 2. The summed E-state index contributed by atoms with van der Waals surface area (Å²) in [6.45, 7) is 1.94. The van der Waals surface area contributed by atoms with Gasteiger partial charge in [0, 0.05) is 11.1 Å². The molecule has 5 nitrogen and oxygen atoms in total. The number of fused-ring (bicyclic) bond motifs is 1. The Labute approximate surface area is 200 Å². The van der Waals surface area contributed by atoms with Crippen LogP contribution in [0.15, 0.2) is 84.0 Å². The second kappa shape index (κ2) is 9.86. The summed E-state index contributed by atoms with van der Waals surface area (Å²) in [4.78, 5) is 25.1. The minimum absolute atomic E-state index is 0.271. The number of rotatable bonds is 5. The summed E-state index contributed by atoms with van der Waals surface area (Å²) in [5.41, 5.74) is 4.81. The SMILES string of the molecule is Cc1ccc(C(=O)Oc2ccc3ccccc3c2C=NNC(=O)c2ccc(Cl)c(Cl)c2)cc1. The smallest absolute Gasteiger partial charge is 0.343 e. The highest BCUT2D eigenvalue weighted by atomic mass is 35.5. The van der Waals surface area contributed by atoms with Crippen LogP contribution in [0.25, 0.3) is 10.8 Å². The molecule has 0 spiro atoms. The number of nitrogens with one attached hydrogen (secondary N) is 1. The van der Waals surface area contributed by atoms with Gasteiger partial charge in [-0.05, 0) is 54.1 Å². The van der Waals surface area contributed by atoms with Crippen LogP contribution in [0.3, 0.4) is 0 Å². The van der Waals surface area contributed by atoms with Crippen molar-refractivity contribution in [2.75, 3.05) is 0 Å². The lowest BCUT2D eigenvalue weighted by molar-refractivity contribution is 0.0734. The number of carbonyl (C=O) groups excluding carboxylic acids is 2. The van der Waals surface area contributed by atoms with Crippen LogP contribution < -0.4 is 10.2 Å². The van der Waals surface area contributed by atoms with Crippen LogP contribution in [0.1, 0.15) is 31.8 Å². The third kappa shape index (κ3) is 5.22. The van der Waals surface area contributed by atoms with Crippen molar-refractivity contribution in [2.45, 2.75) is 6.92 Å². The van der Waals surface area contributed by atoms with Crippen LogP contribution in [0.2, 0.25) is 10.0 Å². The van der Waals surface area contributed by atoms with Gasteiger partial charge in [0.25, 0.3) is 5.91 Å². The van der Waals surface area contributed by atoms with Crippen LogP contribution in [-0.4, -0.2) is 18.1 Å². The topological polar surface area (TPSA) is 67.8 Å². The Kier molecular flexibility index (Phi) is 6.73. The Balaban J connectivity index is 1.62. The van der Waals surface area contributed by atoms with E-state index in [0.29, 0.717) is 27.5 Å². The largest absolute Gasteiger partial charge is 0.422 e. The van der Waals surface area contributed by atoms with Crippen LogP contribution in [-0.2, 0) is 0 Å². The molecule has 0 aliphatic rings. The number of hydrogen-bond acceptors (Lipinski definition) is 4. The number of nitrogens with zero attached hydrogens (tertiary/aromatic N) is 1. The fraction of sp³-hybridized carbons (Fsp3) is 0.0385. The zero-order chi connectivity index (χ0) is 23.4. The first-order valence-electron chi connectivity index (χ1n) is 10.0. The average Bonchev–Trinajstić information content (AvgIpc) is 2.82. The van der Waals surface area contributed by atoms with Crippen LogP contribution in [0.4, 0.5) is 0 Å². The summed E-state index contributed by atoms with van der Waals surface area (Å²) >= 11 is 11.9. The zero-order valence-corrected chi connectivity index (χ0v) is 19.0. The molecule has 0 unspecified atom stereocenters. The van der Waals surface area contributed by atoms with Gasteiger partial charge >= 0.3 is 5.97 Å². The normalized spacial score (nSPS) is 11.0. The molecule has 0 heterocycles. The van der Waals surface area contributed by atoms with Gasteiger partial charge in [0.1, 0.15) is 5.75 Å². The number of carbonyl (C=O) groups is 2. The Hall–Kier alpha value is -3.67. The van der Waals surface area contributed by atoms with Crippen molar-refractivity contribution in [3.63, 3.8) is 0 Å². The number of amides is 1. The molecule has 0 saturated heterocycles. The molecule has 4 aromatic carbocycles. The van der Waals surface area contributed by atoms with Gasteiger partial charge in [-0.2, -0.15) is 5.10 Å². The minimum atomic E-state index is -0.486. The highest BCUT2D eigenvalue weighted by molar-refractivity contribution is 6.42. The Morgan fingerprint density at radius 2 is 1.61 bits per heavy atom. The van der Waals surface area contributed by atoms with E-state index in [9.17, 15) is 9.59 Å². The fourth-order valence-electron chi connectivity index (χ4n) is 3.20. The van der Waals surface area contributed by atoms with Gasteiger partial charge in [-0.25, -0.2) is 10.2 Å². The average molecular weight is 477 g/mol. The molecule has 0 aliphatic carbocycles. The molecule has 0 radical (unpaired) electrons. The minimum Gasteiger partial charge on any atom is -0.422 e. The van der Waals surface area contributed by atoms with Gasteiger partial charge in [0.15, 0.2) is 0 Å². The summed E-state index contributed by atoms with van der Waals surface area (Å²) in [6, 6.07) is 22.8. The molecule has 33 heavy (non-hydrogen) atoms. The van der Waals surface area contributed by atoms with E-state index >= 15 is 0 Å². The van der Waals surface area contributed by atoms with Crippen LogP contribution in [0, 0.1) is 6.92 Å². The second-order valence-corrected chi connectivity index (χ2v) is 8.10. The summed E-state index contributed by atoms with van der Waals surface area (Å²) in [7, 11) is 0. The van der Waals surface area contributed by atoms with Crippen LogP contribution in [0.5, 0.6) is 5.75 Å². The van der Waals surface area contributed by atoms with Gasteiger partial charge in [-0.15, -0.1) is 0 Å². The molecular weight excluding hydrogens is 459 g/mol. The van der Waals surface area contributed by atoms with Crippen molar-refractivity contribution in [3.8, 4) is 5.75 Å². The van der Waals surface area contributed by atoms with E-state index in [2.05, 4.69) is 10.5 Å². The van der Waals surface area contributed by atoms with Crippen molar-refractivity contribution in [2.24, 2.45) is 5.10 Å². The van der Waals surface area contributed by atoms with Crippen molar-refractivity contribution in [1.82, 2.24) is 5.43 Å². The standard InChI is InChI=1S/C26H18Cl2N2O3/c1-16-6-8-18(9-7-16)26(32)33-24-13-11-17-4-2-3-5-20(17)21(24)15-29-30-25(31)19-10-12-22(27)23(28)14-19/h2-15H,1H3,(H,30,31). The molecule has 0 saturated carbocycles. The fourth-order valence-corrected chi connectivity index (χ4v) is 3.50. The molecular formula is C26H18Cl2N2O3. The highest BCUT2D eigenvalue weighted by Crippen LogP contribution is 2.27. The van der Waals surface area contributed by atoms with Crippen molar-refractivity contribution < 1.29 is 14.3 Å². The summed E-state index contributed by atoms with van der Waals surface area (Å²) < 4.78 is 5.68. The third-order valence-corrected chi connectivity index (χ3v) is 5.70. The third-order valence-electron chi connectivity index (χ3n) is 4.96. The van der Waals surface area contributed by atoms with E-state index in [4.69, 9.17) is 27.9 Å². The number of hydrogen-bond donors (Lipinski definition) is 1. The first-order chi connectivity index (χ1) is 15.9. The second-order valence-electron chi connectivity index (χ2n) is 7.28. The number of hydrazone groups is 1. The maximum atomic E-state index is 12.7. The molecule has 164 valence electrons. The lowest BCUT2D eigenvalue weighted by atomic mass is 10.0. The first-order valence-corrected chi connectivity index (χ1v) is 10.8. The molecule has 4 rings (SSSR count). The molecule has 0 aliphatic heterocycles. The molecule has 0 fully saturated rings. The number of ether oxygens (including phenoxy) is 1. The van der Waals surface area contributed by atoms with E-state index in [1.165, 1.54) is 18.3 Å². The Morgan fingerprint density at radius 3 is 2.36 bits per heavy atom. The van der Waals surface area contributed by atoms with E-state index in [-0.39, 0.29) is 5.02 Å². The van der Waals surface area contributed by atoms with E-state index in [0.717, 1.165) is 16.3 Å². The maximum absolute atomic E-state index is 12.7. The van der Waals surface area contributed by atoms with Crippen molar-refractivity contribution in [1.29, 1.82) is 0 Å². The van der Waals surface area contributed by atoms with E-state index in [1.807, 2.05) is 49.4 Å². The molecule has 1 N–H and O–H groups in total. The van der Waals surface area contributed by atoms with Crippen molar-refractivity contribution >= 4 is 52.1 Å². The number of benzene rings is 4. The monoisotopic (exact) mass is 476 g/mol. The zero-order valence-electron chi connectivity index (χ0n) is 17.5. The lowest BCUT2D eigenvalue weighted by Crippen LogP contribution is -2.17. The molecule has 0 bridgehead atoms. The summed E-state index contributed by atoms with van der Waals surface area (Å²) in [5, 5.41) is 6.46. The predicted octanol–water partition coefficient (Wildman–Crippen LogP) is 6.44. The maximum Gasteiger partial charge on any atom is 0.343 e. The van der Waals surface area contributed by atoms with Gasteiger partial charge in [-0.3, -0.25) is 4.79 Å². The van der Waals surface area contributed by atoms with Gasteiger partial charge in [0.05, 0.1) is 21.8 Å². The molecule has 0 aromatic heterocycles. The number of aryl methyl sites for hydroxylation is 1. The van der Waals surface area contributed by atoms with Gasteiger partial charge in [-0.1, -0.05) is 71.2 Å². The Morgan fingerprint density at radius 1 is 0.879 bits per heavy atom. The quantitative estimate of drug-likeness (QED) is 0.156. The van der Waals surface area contributed by atoms with E-state index in [1.54, 1.807) is 24.3 Å². The Bertz CT molecular complexity index is 1380. The molecule has 0 atom stereocenters. The summed E-state index contributed by atoms with van der Waals surface area (Å²) in [6.07, 6.45) is 1.45. The van der Waals surface area contributed by atoms with Gasteiger partial charge < -0.3 is 4.74 Å². The lowest BCUT2D eigenvalue weighted by Gasteiger charge is -2.11. The van der Waals surface area contributed by atoms with Crippen molar-refractivity contribution in [3.05, 3.63) is 111 Å². The number of esters is 1. The highest BCUT2D eigenvalue weighted by Gasteiger charge is 2.14. The van der Waals surface area contributed by atoms with E-state index < -0.39 is 11.9 Å². The molecule has 7 heteroatoms. The van der Waals surface area contributed by atoms with Crippen LogP contribution >= 0.6 is 23.2 Å². The predicted molar refractivity (Wildman–Crippen MR) is 132 cm³/mol. The molecule has 4 aromatic rings. The summed E-state index contributed by atoms with van der Waals surface area (Å²) in [5.74, 6) is -0.616. The molecule has 1 amide bonds. The first kappa shape index (κ1) is 22.5. The van der Waals surface area contributed by atoms with Gasteiger partial charge in [0.2, 0.25) is 0 Å².